The summed E-state index contributed by atoms with van der Waals surface area (Å²) in [6.07, 6.45) is -0.968. The zero-order valence-electron chi connectivity index (χ0n) is 16.3. The molecule has 6 heteroatoms. The third-order valence-corrected chi connectivity index (χ3v) is 4.03. The van der Waals surface area contributed by atoms with Gasteiger partial charge in [-0.15, -0.1) is 0 Å². The molecule has 1 amide bonds. The van der Waals surface area contributed by atoms with Crippen molar-refractivity contribution in [2.45, 2.75) is 33.8 Å². The van der Waals surface area contributed by atoms with Crippen LogP contribution in [0.15, 0.2) is 36.4 Å². The Morgan fingerprint density at radius 2 is 1.74 bits per heavy atom. The minimum atomic E-state index is -0.968. The first-order valence-electron chi connectivity index (χ1n) is 8.65. The van der Waals surface area contributed by atoms with E-state index >= 15 is 0 Å². The first kappa shape index (κ1) is 20.3. The molecule has 0 heterocycles. The highest BCUT2D eigenvalue weighted by molar-refractivity contribution is 5.96. The molecular weight excluding hydrogens is 346 g/mol. The Kier molecular flexibility index (Phi) is 6.82. The van der Waals surface area contributed by atoms with Gasteiger partial charge in [0.2, 0.25) is 0 Å². The minimum absolute atomic E-state index is 0.267. The zero-order chi connectivity index (χ0) is 20.0. The molecular formula is C21H25NO5. The van der Waals surface area contributed by atoms with Crippen LogP contribution in [0.5, 0.6) is 11.5 Å². The Morgan fingerprint density at radius 1 is 1.07 bits per heavy atom. The first-order chi connectivity index (χ1) is 12.8. The van der Waals surface area contributed by atoms with E-state index in [1.54, 1.807) is 12.1 Å². The second kappa shape index (κ2) is 9.07. The molecule has 0 radical (unpaired) electrons. The molecule has 2 rings (SSSR count). The predicted octanol–water partition coefficient (Wildman–Crippen LogP) is 3.57. The molecule has 2 aromatic carbocycles. The van der Waals surface area contributed by atoms with Gasteiger partial charge in [0, 0.05) is 0 Å². The lowest BCUT2D eigenvalue weighted by Crippen LogP contribution is -2.31. The van der Waals surface area contributed by atoms with Gasteiger partial charge >= 0.3 is 5.97 Å². The largest absolute Gasteiger partial charge is 0.495 e. The lowest BCUT2D eigenvalue weighted by atomic mass is 10.1. The molecule has 0 aliphatic rings. The van der Waals surface area contributed by atoms with Crippen LogP contribution >= 0.6 is 0 Å². The smallest absolute Gasteiger partial charge is 0.344 e. The standard InChI is InChI=1S/C21H25NO5/c1-13-9-10-18(25-5)17(11-13)22-21(24)16(4)27-19(23)12-26-20-14(2)7-6-8-15(20)3/h6-11,16H,12H2,1-5H3,(H,22,24). The van der Waals surface area contributed by atoms with E-state index in [9.17, 15) is 9.59 Å². The number of amides is 1. The van der Waals surface area contributed by atoms with Crippen molar-refractivity contribution >= 4 is 17.6 Å². The number of hydrogen-bond acceptors (Lipinski definition) is 5. The van der Waals surface area contributed by atoms with Gasteiger partial charge in [-0.05, 0) is 56.5 Å². The van der Waals surface area contributed by atoms with E-state index in [1.807, 2.05) is 45.0 Å². The average molecular weight is 371 g/mol. The number of rotatable bonds is 7. The predicted molar refractivity (Wildman–Crippen MR) is 103 cm³/mol. The highest BCUT2D eigenvalue weighted by atomic mass is 16.6. The summed E-state index contributed by atoms with van der Waals surface area (Å²) in [6.45, 7) is 6.95. The number of hydrogen-bond donors (Lipinski definition) is 1. The van der Waals surface area contributed by atoms with Crippen molar-refractivity contribution in [1.29, 1.82) is 0 Å². The van der Waals surface area contributed by atoms with E-state index in [0.29, 0.717) is 17.2 Å². The van der Waals surface area contributed by atoms with Crippen molar-refractivity contribution < 1.29 is 23.8 Å². The quantitative estimate of drug-likeness (QED) is 0.753. The third kappa shape index (κ3) is 5.48. The number of methoxy groups -OCH3 is 1. The Hall–Kier alpha value is -3.02. The number of anilines is 1. The van der Waals surface area contributed by atoms with Crippen LogP contribution in [0.2, 0.25) is 0 Å². The lowest BCUT2D eigenvalue weighted by molar-refractivity contribution is -0.155. The third-order valence-electron chi connectivity index (χ3n) is 4.03. The molecule has 1 atom stereocenters. The minimum Gasteiger partial charge on any atom is -0.495 e. The SMILES string of the molecule is COc1ccc(C)cc1NC(=O)C(C)OC(=O)COc1c(C)cccc1C. The number of nitrogens with one attached hydrogen (secondary N) is 1. The lowest BCUT2D eigenvalue weighted by Gasteiger charge is -2.16. The van der Waals surface area contributed by atoms with Crippen LogP contribution in [-0.4, -0.2) is 31.7 Å². The molecule has 0 saturated carbocycles. The van der Waals surface area contributed by atoms with Gasteiger partial charge in [0.15, 0.2) is 12.7 Å². The normalized spacial score (nSPS) is 11.4. The Balaban J connectivity index is 1.92. The molecule has 0 aromatic heterocycles. The maximum atomic E-state index is 12.3. The van der Waals surface area contributed by atoms with Crippen LogP contribution in [0.1, 0.15) is 23.6 Å². The van der Waals surface area contributed by atoms with Gasteiger partial charge in [-0.2, -0.15) is 0 Å². The fourth-order valence-corrected chi connectivity index (χ4v) is 2.60. The summed E-state index contributed by atoms with van der Waals surface area (Å²) in [5, 5.41) is 2.72. The highest BCUT2D eigenvalue weighted by Gasteiger charge is 2.20. The summed E-state index contributed by atoms with van der Waals surface area (Å²) in [5.41, 5.74) is 3.36. The summed E-state index contributed by atoms with van der Waals surface area (Å²) < 4.78 is 16.0. The zero-order valence-corrected chi connectivity index (χ0v) is 16.3. The van der Waals surface area contributed by atoms with Crippen LogP contribution in [0.4, 0.5) is 5.69 Å². The maximum Gasteiger partial charge on any atom is 0.344 e. The van der Waals surface area contributed by atoms with Crippen molar-refractivity contribution in [3.63, 3.8) is 0 Å². The van der Waals surface area contributed by atoms with E-state index in [1.165, 1.54) is 14.0 Å². The Morgan fingerprint density at radius 3 is 2.37 bits per heavy atom. The van der Waals surface area contributed by atoms with Crippen molar-refractivity contribution in [2.75, 3.05) is 19.0 Å². The number of aryl methyl sites for hydroxylation is 3. The van der Waals surface area contributed by atoms with Gasteiger partial charge in [-0.25, -0.2) is 4.79 Å². The van der Waals surface area contributed by atoms with Gasteiger partial charge in [-0.3, -0.25) is 4.79 Å². The second-order valence-electron chi connectivity index (χ2n) is 6.33. The summed E-state index contributed by atoms with van der Waals surface area (Å²) in [4.78, 5) is 24.4. The van der Waals surface area contributed by atoms with Crippen LogP contribution in [0.3, 0.4) is 0 Å². The van der Waals surface area contributed by atoms with Crippen LogP contribution in [0, 0.1) is 20.8 Å². The number of carbonyl (C=O) groups is 2. The highest BCUT2D eigenvalue weighted by Crippen LogP contribution is 2.25. The second-order valence-corrected chi connectivity index (χ2v) is 6.33. The van der Waals surface area contributed by atoms with E-state index in [4.69, 9.17) is 14.2 Å². The fraction of sp³-hybridized carbons (Fsp3) is 0.333. The van der Waals surface area contributed by atoms with Gasteiger partial charge < -0.3 is 19.5 Å². The van der Waals surface area contributed by atoms with E-state index in [0.717, 1.165) is 16.7 Å². The number of carbonyl (C=O) groups excluding carboxylic acids is 2. The van der Waals surface area contributed by atoms with Crippen molar-refractivity contribution in [2.24, 2.45) is 0 Å². The summed E-state index contributed by atoms with van der Waals surface area (Å²) >= 11 is 0. The molecule has 1 unspecified atom stereocenters. The number of benzene rings is 2. The Labute approximate surface area is 159 Å². The first-order valence-corrected chi connectivity index (χ1v) is 8.65. The van der Waals surface area contributed by atoms with Gasteiger partial charge in [-0.1, -0.05) is 24.3 Å². The van der Waals surface area contributed by atoms with E-state index in [-0.39, 0.29) is 6.61 Å². The topological polar surface area (TPSA) is 73.9 Å². The van der Waals surface area contributed by atoms with E-state index in [2.05, 4.69) is 5.32 Å². The van der Waals surface area contributed by atoms with Gasteiger partial charge in [0.05, 0.1) is 12.8 Å². The molecule has 0 fully saturated rings. The molecule has 144 valence electrons. The molecule has 0 bridgehead atoms. The molecule has 0 aliphatic heterocycles. The Bertz CT molecular complexity index is 811. The summed E-state index contributed by atoms with van der Waals surface area (Å²) in [6, 6.07) is 11.2. The number of para-hydroxylation sites is 1. The van der Waals surface area contributed by atoms with Crippen molar-refractivity contribution in [3.8, 4) is 11.5 Å². The fourth-order valence-electron chi connectivity index (χ4n) is 2.60. The van der Waals surface area contributed by atoms with E-state index < -0.39 is 18.0 Å². The molecule has 0 aliphatic carbocycles. The van der Waals surface area contributed by atoms with Crippen LogP contribution in [-0.2, 0) is 14.3 Å². The molecule has 1 N–H and O–H groups in total. The molecule has 6 nitrogen and oxygen atoms in total. The van der Waals surface area contributed by atoms with Crippen LogP contribution < -0.4 is 14.8 Å². The number of esters is 1. The van der Waals surface area contributed by atoms with Crippen molar-refractivity contribution in [3.05, 3.63) is 53.1 Å². The maximum absolute atomic E-state index is 12.3. The number of ether oxygens (including phenoxy) is 3. The van der Waals surface area contributed by atoms with Crippen molar-refractivity contribution in [1.82, 2.24) is 0 Å². The van der Waals surface area contributed by atoms with Gasteiger partial charge in [0.1, 0.15) is 11.5 Å². The van der Waals surface area contributed by atoms with Gasteiger partial charge in [0.25, 0.3) is 5.91 Å². The molecule has 0 saturated heterocycles. The summed E-state index contributed by atoms with van der Waals surface area (Å²) in [7, 11) is 1.52. The molecule has 0 spiro atoms. The molecule has 27 heavy (non-hydrogen) atoms. The summed E-state index contributed by atoms with van der Waals surface area (Å²) in [5.74, 6) is 0.123. The monoisotopic (exact) mass is 371 g/mol. The average Bonchev–Trinajstić information content (AvgIpc) is 2.61. The molecule has 2 aromatic rings. The van der Waals surface area contributed by atoms with Crippen LogP contribution in [0.25, 0.3) is 0 Å².